The number of anilines is 1. The third kappa shape index (κ3) is 4.01. The van der Waals surface area contributed by atoms with E-state index in [1.165, 1.54) is 23.0 Å². The monoisotopic (exact) mass is 413 g/mol. The molecule has 0 radical (unpaired) electrons. The maximum atomic E-state index is 12.8. The quantitative estimate of drug-likeness (QED) is 0.560. The van der Waals surface area contributed by atoms with Crippen molar-refractivity contribution in [2.24, 2.45) is 0 Å². The van der Waals surface area contributed by atoms with Gasteiger partial charge in [-0.2, -0.15) is 0 Å². The number of nitrogens with zero attached hydrogens (tertiary/aromatic N) is 3. The van der Waals surface area contributed by atoms with Crippen LogP contribution in [0.2, 0.25) is 0 Å². The molecule has 2 aliphatic rings. The van der Waals surface area contributed by atoms with Crippen molar-refractivity contribution in [1.82, 2.24) is 9.80 Å². The van der Waals surface area contributed by atoms with Gasteiger partial charge in [-0.25, -0.2) is 0 Å². The molecule has 7 heteroatoms. The van der Waals surface area contributed by atoms with Crippen molar-refractivity contribution in [3.05, 3.63) is 58.4 Å². The highest BCUT2D eigenvalue weighted by Crippen LogP contribution is 2.33. The van der Waals surface area contributed by atoms with Gasteiger partial charge in [-0.1, -0.05) is 42.2 Å². The molecule has 0 bridgehead atoms. The molecular formula is C21H23N3O2S2. The summed E-state index contributed by atoms with van der Waals surface area (Å²) in [7, 11) is 0. The second-order valence-corrected chi connectivity index (χ2v) is 8.77. The van der Waals surface area contributed by atoms with Gasteiger partial charge in [-0.05, 0) is 37.6 Å². The summed E-state index contributed by atoms with van der Waals surface area (Å²) in [6.07, 6.45) is 1.78. The lowest BCUT2D eigenvalue weighted by Gasteiger charge is -2.38. The number of piperazine rings is 1. The molecule has 0 N–H and O–H groups in total. The number of hydrogen-bond acceptors (Lipinski definition) is 6. The molecule has 5 nitrogen and oxygen atoms in total. The number of rotatable bonds is 4. The molecule has 1 aromatic carbocycles. The number of benzene rings is 1. The van der Waals surface area contributed by atoms with E-state index < -0.39 is 0 Å². The van der Waals surface area contributed by atoms with E-state index in [1.807, 2.05) is 19.1 Å². The van der Waals surface area contributed by atoms with E-state index in [1.54, 1.807) is 11.0 Å². The zero-order valence-electron chi connectivity index (χ0n) is 16.1. The van der Waals surface area contributed by atoms with Gasteiger partial charge in [0.05, 0.1) is 11.6 Å². The number of thioether (sulfide) groups is 1. The van der Waals surface area contributed by atoms with E-state index in [-0.39, 0.29) is 5.91 Å². The van der Waals surface area contributed by atoms with Crippen LogP contribution in [0.5, 0.6) is 0 Å². The fourth-order valence-corrected chi connectivity index (χ4v) is 4.75. The summed E-state index contributed by atoms with van der Waals surface area (Å²) in [5.74, 6) is 1.48. The molecule has 3 heterocycles. The average Bonchev–Trinajstić information content (AvgIpc) is 3.21. The van der Waals surface area contributed by atoms with Crippen molar-refractivity contribution < 1.29 is 9.21 Å². The van der Waals surface area contributed by atoms with E-state index in [2.05, 4.69) is 41.0 Å². The highest BCUT2D eigenvalue weighted by atomic mass is 32.2. The molecule has 2 aliphatic heterocycles. The van der Waals surface area contributed by atoms with Crippen LogP contribution in [0.15, 0.2) is 45.7 Å². The number of carbonyl (C=O) groups excluding carboxylic acids is 1. The Labute approximate surface area is 175 Å². The summed E-state index contributed by atoms with van der Waals surface area (Å²) in [6, 6.07) is 12.2. The Morgan fingerprint density at radius 3 is 2.54 bits per heavy atom. The number of furan rings is 1. The Hall–Kier alpha value is -2.09. The molecule has 0 aliphatic carbocycles. The van der Waals surface area contributed by atoms with Crippen molar-refractivity contribution in [2.75, 3.05) is 37.7 Å². The van der Waals surface area contributed by atoms with E-state index in [4.69, 9.17) is 16.6 Å². The lowest BCUT2D eigenvalue weighted by molar-refractivity contribution is -0.123. The molecule has 2 saturated heterocycles. The van der Waals surface area contributed by atoms with Gasteiger partial charge < -0.3 is 9.32 Å². The first-order valence-corrected chi connectivity index (χ1v) is 10.6. The van der Waals surface area contributed by atoms with Crippen LogP contribution in [0.4, 0.5) is 5.69 Å². The zero-order valence-corrected chi connectivity index (χ0v) is 17.7. The lowest BCUT2D eigenvalue weighted by Crippen LogP contribution is -2.51. The molecule has 2 fully saturated rings. The molecule has 0 spiro atoms. The van der Waals surface area contributed by atoms with Crippen LogP contribution in [0, 0.1) is 13.8 Å². The minimum absolute atomic E-state index is 0.0367. The summed E-state index contributed by atoms with van der Waals surface area (Å²) in [5.41, 5.74) is 2.59. The zero-order chi connectivity index (χ0) is 19.7. The number of thiocarbonyl (C=S) groups is 1. The largest absolute Gasteiger partial charge is 0.462 e. The second kappa shape index (κ2) is 8.11. The van der Waals surface area contributed by atoms with Crippen LogP contribution in [-0.4, -0.2) is 52.9 Å². The third-order valence-corrected chi connectivity index (χ3v) is 6.46. The maximum absolute atomic E-state index is 12.8. The number of aryl methyl sites for hydroxylation is 2. The molecule has 0 saturated carbocycles. The first-order valence-electron chi connectivity index (χ1n) is 9.36. The predicted octanol–water partition coefficient (Wildman–Crippen LogP) is 3.88. The molecule has 4 rings (SSSR count). The molecule has 28 heavy (non-hydrogen) atoms. The Balaban J connectivity index is 1.37. The molecule has 0 atom stereocenters. The van der Waals surface area contributed by atoms with Crippen molar-refractivity contribution >= 4 is 46.0 Å². The highest BCUT2D eigenvalue weighted by Gasteiger charge is 2.34. The number of carbonyl (C=O) groups is 1. The Kier molecular flexibility index (Phi) is 5.57. The van der Waals surface area contributed by atoms with Crippen molar-refractivity contribution in [3.8, 4) is 0 Å². The third-order valence-electron chi connectivity index (χ3n) is 5.08. The fraction of sp³-hybridized carbons (Fsp3) is 0.333. The average molecular weight is 414 g/mol. The van der Waals surface area contributed by atoms with Gasteiger partial charge in [0.25, 0.3) is 5.91 Å². The summed E-state index contributed by atoms with van der Waals surface area (Å²) in [4.78, 5) is 19.8. The SMILES string of the molecule is Cc1ccc(/C=C2/SC(=S)N(CN3CCN(c4ccccc4C)CC3)C2=O)o1. The van der Waals surface area contributed by atoms with Gasteiger partial charge in [0, 0.05) is 37.9 Å². The minimum atomic E-state index is -0.0367. The summed E-state index contributed by atoms with van der Waals surface area (Å²) >= 11 is 6.81. The number of para-hydroxylation sites is 1. The van der Waals surface area contributed by atoms with Crippen LogP contribution >= 0.6 is 24.0 Å². The molecule has 146 valence electrons. The van der Waals surface area contributed by atoms with Gasteiger partial charge in [-0.15, -0.1) is 0 Å². The number of amides is 1. The van der Waals surface area contributed by atoms with Crippen molar-refractivity contribution in [3.63, 3.8) is 0 Å². The van der Waals surface area contributed by atoms with Crippen LogP contribution < -0.4 is 4.90 Å². The Bertz CT molecular complexity index is 929. The summed E-state index contributed by atoms with van der Waals surface area (Å²) in [5, 5.41) is 0. The van der Waals surface area contributed by atoms with Gasteiger partial charge in [0.1, 0.15) is 15.8 Å². The molecule has 1 amide bonds. The van der Waals surface area contributed by atoms with Gasteiger partial charge in [0.2, 0.25) is 0 Å². The number of hydrogen-bond donors (Lipinski definition) is 0. The van der Waals surface area contributed by atoms with E-state index in [0.29, 0.717) is 21.7 Å². The molecule has 1 aromatic heterocycles. The van der Waals surface area contributed by atoms with Gasteiger partial charge in [-0.3, -0.25) is 14.6 Å². The van der Waals surface area contributed by atoms with Crippen LogP contribution in [-0.2, 0) is 4.79 Å². The normalized spacial score (nSPS) is 19.9. The molecule has 0 unspecified atom stereocenters. The first kappa shape index (κ1) is 19.2. The topological polar surface area (TPSA) is 39.9 Å². The lowest BCUT2D eigenvalue weighted by atomic mass is 10.1. The maximum Gasteiger partial charge on any atom is 0.267 e. The summed E-state index contributed by atoms with van der Waals surface area (Å²) in [6.45, 7) is 8.28. The van der Waals surface area contributed by atoms with E-state index >= 15 is 0 Å². The Morgan fingerprint density at radius 2 is 1.86 bits per heavy atom. The van der Waals surface area contributed by atoms with Gasteiger partial charge >= 0.3 is 0 Å². The molecular weight excluding hydrogens is 390 g/mol. The van der Waals surface area contributed by atoms with Crippen molar-refractivity contribution in [1.29, 1.82) is 0 Å². The molecule has 2 aromatic rings. The smallest absolute Gasteiger partial charge is 0.267 e. The minimum Gasteiger partial charge on any atom is -0.462 e. The second-order valence-electron chi connectivity index (χ2n) is 7.09. The van der Waals surface area contributed by atoms with Gasteiger partial charge in [0.15, 0.2) is 0 Å². The summed E-state index contributed by atoms with van der Waals surface area (Å²) < 4.78 is 6.17. The first-order chi connectivity index (χ1) is 13.5. The van der Waals surface area contributed by atoms with Crippen LogP contribution in [0.1, 0.15) is 17.1 Å². The highest BCUT2D eigenvalue weighted by molar-refractivity contribution is 8.26. The van der Waals surface area contributed by atoms with E-state index in [0.717, 1.165) is 31.9 Å². The van der Waals surface area contributed by atoms with Crippen LogP contribution in [0.3, 0.4) is 0 Å². The standard InChI is InChI=1S/C21H23N3O2S2/c1-15-5-3-4-6-18(15)23-11-9-22(10-12-23)14-24-20(25)19(28-21(24)27)13-17-8-7-16(2)26-17/h3-8,13H,9-12,14H2,1-2H3/b19-13+. The van der Waals surface area contributed by atoms with E-state index in [9.17, 15) is 4.79 Å². The van der Waals surface area contributed by atoms with Crippen LogP contribution in [0.25, 0.3) is 6.08 Å². The Morgan fingerprint density at radius 1 is 1.11 bits per heavy atom. The fourth-order valence-electron chi connectivity index (χ4n) is 3.53. The predicted molar refractivity (Wildman–Crippen MR) is 118 cm³/mol. The van der Waals surface area contributed by atoms with Crippen molar-refractivity contribution in [2.45, 2.75) is 13.8 Å².